The summed E-state index contributed by atoms with van der Waals surface area (Å²) in [4.78, 5) is 21.8. The van der Waals surface area contributed by atoms with Gasteiger partial charge in [0, 0.05) is 10.4 Å². The van der Waals surface area contributed by atoms with Crippen molar-refractivity contribution in [3.05, 3.63) is 28.4 Å². The largest absolute Gasteiger partial charge is 0.478 e. The highest BCUT2D eigenvalue weighted by atomic mass is 35.5. The second-order valence-corrected chi connectivity index (χ2v) is 3.49. The average Bonchev–Trinajstić information content (AvgIpc) is 2.59. The SMILES string of the molecule is O=C(O)c1cc(Cl)cc2[nH]nc(C(=O)O)c12. The number of aromatic carboxylic acids is 2. The van der Waals surface area contributed by atoms with Crippen LogP contribution in [0.5, 0.6) is 0 Å². The van der Waals surface area contributed by atoms with Gasteiger partial charge in [0.05, 0.1) is 11.1 Å². The summed E-state index contributed by atoms with van der Waals surface area (Å²) in [6, 6.07) is 2.61. The zero-order valence-electron chi connectivity index (χ0n) is 7.69. The molecule has 0 saturated carbocycles. The molecule has 0 aliphatic rings. The summed E-state index contributed by atoms with van der Waals surface area (Å²) in [6.07, 6.45) is 0. The van der Waals surface area contributed by atoms with Gasteiger partial charge in [-0.3, -0.25) is 5.10 Å². The van der Waals surface area contributed by atoms with Crippen LogP contribution in [-0.2, 0) is 0 Å². The smallest absolute Gasteiger partial charge is 0.357 e. The van der Waals surface area contributed by atoms with Crippen LogP contribution in [0.25, 0.3) is 10.9 Å². The molecule has 1 aromatic carbocycles. The second-order valence-electron chi connectivity index (χ2n) is 3.06. The van der Waals surface area contributed by atoms with Gasteiger partial charge < -0.3 is 10.2 Å². The molecule has 3 N–H and O–H groups in total. The first-order valence-corrected chi connectivity index (χ1v) is 4.52. The molecule has 0 aliphatic heterocycles. The Bertz CT molecular complexity index is 605. The van der Waals surface area contributed by atoms with Gasteiger partial charge in [-0.2, -0.15) is 5.10 Å². The van der Waals surface area contributed by atoms with Crippen LogP contribution in [0.4, 0.5) is 0 Å². The minimum atomic E-state index is -1.30. The molecule has 2 aromatic rings. The highest BCUT2D eigenvalue weighted by Gasteiger charge is 2.20. The van der Waals surface area contributed by atoms with E-state index >= 15 is 0 Å². The fourth-order valence-corrected chi connectivity index (χ4v) is 1.66. The first kappa shape index (κ1) is 10.4. The van der Waals surface area contributed by atoms with Gasteiger partial charge in [-0.05, 0) is 12.1 Å². The Morgan fingerprint density at radius 1 is 1.25 bits per heavy atom. The molecule has 0 amide bonds. The third kappa shape index (κ3) is 1.49. The maximum atomic E-state index is 10.9. The van der Waals surface area contributed by atoms with E-state index in [4.69, 9.17) is 21.8 Å². The number of aromatic nitrogens is 2. The molecule has 0 bridgehead atoms. The molecule has 0 atom stereocenters. The van der Waals surface area contributed by atoms with Crippen LogP contribution < -0.4 is 0 Å². The number of hydrogen-bond donors (Lipinski definition) is 3. The van der Waals surface area contributed by atoms with E-state index in [-0.39, 0.29) is 27.2 Å². The van der Waals surface area contributed by atoms with Crippen LogP contribution in [0.1, 0.15) is 20.8 Å². The minimum absolute atomic E-state index is 0.0457. The van der Waals surface area contributed by atoms with Crippen LogP contribution >= 0.6 is 11.6 Å². The van der Waals surface area contributed by atoms with E-state index in [1.165, 1.54) is 12.1 Å². The molecule has 0 fully saturated rings. The van der Waals surface area contributed by atoms with E-state index in [0.717, 1.165) is 0 Å². The Labute approximate surface area is 93.5 Å². The number of fused-ring (bicyclic) bond motifs is 1. The third-order valence-electron chi connectivity index (χ3n) is 2.06. The van der Waals surface area contributed by atoms with Gasteiger partial charge in [0.25, 0.3) is 0 Å². The topological polar surface area (TPSA) is 103 Å². The van der Waals surface area contributed by atoms with E-state index < -0.39 is 11.9 Å². The zero-order valence-corrected chi connectivity index (χ0v) is 8.45. The summed E-state index contributed by atoms with van der Waals surface area (Å²) < 4.78 is 0. The molecule has 1 heterocycles. The van der Waals surface area contributed by atoms with Crippen molar-refractivity contribution >= 4 is 34.4 Å². The number of nitrogens with zero attached hydrogens (tertiary/aromatic N) is 1. The summed E-state index contributed by atoms with van der Waals surface area (Å²) >= 11 is 5.70. The predicted molar refractivity (Wildman–Crippen MR) is 55.0 cm³/mol. The van der Waals surface area contributed by atoms with Gasteiger partial charge in [-0.15, -0.1) is 0 Å². The van der Waals surface area contributed by atoms with E-state index in [9.17, 15) is 9.59 Å². The number of halogens is 1. The first-order valence-electron chi connectivity index (χ1n) is 4.15. The summed E-state index contributed by atoms with van der Waals surface area (Å²) in [7, 11) is 0. The minimum Gasteiger partial charge on any atom is -0.478 e. The van der Waals surface area contributed by atoms with E-state index in [2.05, 4.69) is 10.2 Å². The van der Waals surface area contributed by atoms with Gasteiger partial charge in [0.15, 0.2) is 5.69 Å². The number of carboxylic acids is 2. The van der Waals surface area contributed by atoms with Crippen LogP contribution in [0, 0.1) is 0 Å². The molecule has 0 saturated heterocycles. The molecule has 0 aliphatic carbocycles. The lowest BCUT2D eigenvalue weighted by Crippen LogP contribution is -2.02. The van der Waals surface area contributed by atoms with Crippen molar-refractivity contribution in [3.8, 4) is 0 Å². The molecular formula is C9H5ClN2O4. The summed E-state index contributed by atoms with van der Waals surface area (Å²) in [6.45, 7) is 0. The highest BCUT2D eigenvalue weighted by molar-refractivity contribution is 6.32. The molecule has 2 rings (SSSR count). The van der Waals surface area contributed by atoms with Crippen LogP contribution in [-0.4, -0.2) is 32.3 Å². The van der Waals surface area contributed by atoms with Gasteiger partial charge in [0.1, 0.15) is 0 Å². The van der Waals surface area contributed by atoms with Gasteiger partial charge in [-0.1, -0.05) is 11.6 Å². The van der Waals surface area contributed by atoms with Crippen molar-refractivity contribution in [2.24, 2.45) is 0 Å². The quantitative estimate of drug-likeness (QED) is 0.740. The maximum Gasteiger partial charge on any atom is 0.357 e. The lowest BCUT2D eigenvalue weighted by atomic mass is 10.1. The lowest BCUT2D eigenvalue weighted by molar-refractivity contribution is 0.0691. The fourth-order valence-electron chi connectivity index (χ4n) is 1.45. The number of rotatable bonds is 2. The molecule has 0 spiro atoms. The number of carbonyl (C=O) groups is 2. The van der Waals surface area contributed by atoms with E-state index in [1.54, 1.807) is 0 Å². The molecule has 1 aromatic heterocycles. The average molecular weight is 241 g/mol. The second kappa shape index (κ2) is 3.49. The Balaban J connectivity index is 2.90. The number of nitrogens with one attached hydrogen (secondary N) is 1. The van der Waals surface area contributed by atoms with Gasteiger partial charge in [-0.25, -0.2) is 9.59 Å². The summed E-state index contributed by atoms with van der Waals surface area (Å²) in [5.41, 5.74) is -0.236. The van der Waals surface area contributed by atoms with Crippen LogP contribution in [0.3, 0.4) is 0 Å². The van der Waals surface area contributed by atoms with E-state index in [1.807, 2.05) is 0 Å². The Morgan fingerprint density at radius 3 is 2.50 bits per heavy atom. The predicted octanol–water partition coefficient (Wildman–Crippen LogP) is 1.61. The standard InChI is InChI=1S/C9H5ClN2O4/c10-3-1-4(8(13)14)6-5(2-3)11-12-7(6)9(15)16/h1-2H,(H,11,12)(H,13,14)(H,15,16). The normalized spacial score (nSPS) is 10.6. The van der Waals surface area contributed by atoms with E-state index in [0.29, 0.717) is 0 Å². The van der Waals surface area contributed by atoms with Crippen LogP contribution in [0.15, 0.2) is 12.1 Å². The van der Waals surface area contributed by atoms with Gasteiger partial charge >= 0.3 is 11.9 Å². The van der Waals surface area contributed by atoms with Crippen molar-refractivity contribution in [2.75, 3.05) is 0 Å². The van der Waals surface area contributed by atoms with Gasteiger partial charge in [0.2, 0.25) is 0 Å². The van der Waals surface area contributed by atoms with Crippen molar-refractivity contribution in [1.29, 1.82) is 0 Å². The molecule has 6 nitrogen and oxygen atoms in total. The monoisotopic (exact) mass is 240 g/mol. The summed E-state index contributed by atoms with van der Waals surface area (Å²) in [5.74, 6) is -2.55. The Morgan fingerprint density at radius 2 is 1.94 bits per heavy atom. The molecular weight excluding hydrogens is 236 g/mol. The number of H-pyrrole nitrogens is 1. The van der Waals surface area contributed by atoms with Crippen LogP contribution in [0.2, 0.25) is 5.02 Å². The Hall–Kier alpha value is -2.08. The Kier molecular flexibility index (Phi) is 2.28. The van der Waals surface area contributed by atoms with Crippen molar-refractivity contribution in [2.45, 2.75) is 0 Å². The van der Waals surface area contributed by atoms with Crippen molar-refractivity contribution in [3.63, 3.8) is 0 Å². The van der Waals surface area contributed by atoms with Crippen molar-refractivity contribution in [1.82, 2.24) is 10.2 Å². The molecule has 0 unspecified atom stereocenters. The zero-order chi connectivity index (χ0) is 11.9. The van der Waals surface area contributed by atoms with Crippen molar-refractivity contribution < 1.29 is 19.8 Å². The number of benzene rings is 1. The molecule has 16 heavy (non-hydrogen) atoms. The lowest BCUT2D eigenvalue weighted by Gasteiger charge is -1.99. The summed E-state index contributed by atoms with van der Waals surface area (Å²) in [5, 5.41) is 24.0. The number of hydrogen-bond acceptors (Lipinski definition) is 3. The fraction of sp³-hybridized carbons (Fsp3) is 0. The number of carboxylic acid groups (broad SMARTS) is 2. The first-order chi connectivity index (χ1) is 7.50. The molecule has 0 radical (unpaired) electrons. The molecule has 82 valence electrons. The highest BCUT2D eigenvalue weighted by Crippen LogP contribution is 2.25. The third-order valence-corrected chi connectivity index (χ3v) is 2.28. The molecule has 7 heteroatoms. The maximum absolute atomic E-state index is 10.9. The number of aromatic amines is 1.